The molecule has 0 bridgehead atoms. The van der Waals surface area contributed by atoms with Gasteiger partial charge in [0, 0.05) is 19.8 Å². The van der Waals surface area contributed by atoms with E-state index in [9.17, 15) is 4.79 Å². The topological polar surface area (TPSA) is 52.9 Å². The first-order chi connectivity index (χ1) is 6.65. The number of halogens is 1. The Bertz CT molecular complexity index is 349. The molecule has 0 saturated heterocycles. The Morgan fingerprint density at radius 3 is 2.33 bits per heavy atom. The Labute approximate surface area is 94.7 Å². The first-order valence-electron chi connectivity index (χ1n) is 4.13. The number of aliphatic imine (C=N–C) groups is 1. The molecule has 1 rings (SSSR count). The van der Waals surface area contributed by atoms with Gasteiger partial charge in [-0.15, -0.1) is 12.4 Å². The molecule has 5 heteroatoms. The standard InChI is InChI=1S/C10H12N2O2.ClH/c1-11-7-12(2)9-5-3-8(4-6-9)10(13)14;/h3-7H,1-2H3,(H,13,14);1H. The highest BCUT2D eigenvalue weighted by molar-refractivity contribution is 5.88. The number of nitrogens with zero attached hydrogens (tertiary/aromatic N) is 2. The Morgan fingerprint density at radius 1 is 1.40 bits per heavy atom. The van der Waals surface area contributed by atoms with Crippen molar-refractivity contribution in [2.24, 2.45) is 4.99 Å². The van der Waals surface area contributed by atoms with Gasteiger partial charge in [0.1, 0.15) is 0 Å². The maximum Gasteiger partial charge on any atom is 0.335 e. The first kappa shape index (κ1) is 13.4. The molecule has 0 unspecified atom stereocenters. The molecule has 0 fully saturated rings. The van der Waals surface area contributed by atoms with Crippen LogP contribution >= 0.6 is 12.4 Å². The Hall–Kier alpha value is -1.55. The summed E-state index contributed by atoms with van der Waals surface area (Å²) in [4.78, 5) is 16.2. The Morgan fingerprint density at radius 2 is 1.93 bits per heavy atom. The lowest BCUT2D eigenvalue weighted by molar-refractivity contribution is 0.0697. The van der Waals surface area contributed by atoms with Gasteiger partial charge in [0.15, 0.2) is 0 Å². The zero-order valence-electron chi connectivity index (χ0n) is 8.54. The second-order valence-electron chi connectivity index (χ2n) is 2.84. The largest absolute Gasteiger partial charge is 0.478 e. The van der Waals surface area contributed by atoms with E-state index in [1.165, 1.54) is 0 Å². The highest BCUT2D eigenvalue weighted by atomic mass is 35.5. The molecule has 15 heavy (non-hydrogen) atoms. The molecule has 0 atom stereocenters. The second kappa shape index (κ2) is 6.03. The molecule has 0 spiro atoms. The van der Waals surface area contributed by atoms with E-state index in [-0.39, 0.29) is 18.0 Å². The van der Waals surface area contributed by atoms with Gasteiger partial charge in [0.2, 0.25) is 0 Å². The number of carbonyl (C=O) groups is 1. The van der Waals surface area contributed by atoms with E-state index in [1.807, 2.05) is 11.9 Å². The molecule has 0 aliphatic rings. The van der Waals surface area contributed by atoms with Gasteiger partial charge in [-0.25, -0.2) is 4.79 Å². The van der Waals surface area contributed by atoms with Crippen molar-refractivity contribution in [2.75, 3.05) is 19.0 Å². The average Bonchev–Trinajstić information content (AvgIpc) is 2.18. The minimum atomic E-state index is -0.914. The molecule has 0 aromatic heterocycles. The van der Waals surface area contributed by atoms with E-state index in [1.54, 1.807) is 37.7 Å². The number of benzene rings is 1. The third kappa shape index (κ3) is 3.59. The van der Waals surface area contributed by atoms with Crippen molar-refractivity contribution in [1.29, 1.82) is 0 Å². The van der Waals surface area contributed by atoms with Gasteiger partial charge in [-0.2, -0.15) is 0 Å². The Balaban J connectivity index is 0.00000196. The van der Waals surface area contributed by atoms with Gasteiger partial charge in [-0.3, -0.25) is 4.99 Å². The van der Waals surface area contributed by atoms with Crippen molar-refractivity contribution in [1.82, 2.24) is 0 Å². The molecule has 4 nitrogen and oxygen atoms in total. The first-order valence-corrected chi connectivity index (χ1v) is 4.13. The quantitative estimate of drug-likeness (QED) is 0.635. The number of carboxylic acids is 1. The third-order valence-corrected chi connectivity index (χ3v) is 1.81. The predicted molar refractivity (Wildman–Crippen MR) is 63.5 cm³/mol. The van der Waals surface area contributed by atoms with E-state index >= 15 is 0 Å². The summed E-state index contributed by atoms with van der Waals surface area (Å²) in [5, 5.41) is 8.68. The van der Waals surface area contributed by atoms with E-state index in [0.717, 1.165) is 5.69 Å². The summed E-state index contributed by atoms with van der Waals surface area (Å²) in [5.41, 5.74) is 1.19. The maximum absolute atomic E-state index is 10.6. The van der Waals surface area contributed by atoms with Crippen molar-refractivity contribution < 1.29 is 9.90 Å². The van der Waals surface area contributed by atoms with Gasteiger partial charge in [0.05, 0.1) is 11.9 Å². The lowest BCUT2D eigenvalue weighted by Crippen LogP contribution is -2.14. The molecule has 0 radical (unpaired) electrons. The molecule has 0 aliphatic heterocycles. The van der Waals surface area contributed by atoms with E-state index in [4.69, 9.17) is 5.11 Å². The normalized spacial score (nSPS) is 9.73. The highest BCUT2D eigenvalue weighted by Crippen LogP contribution is 2.12. The van der Waals surface area contributed by atoms with Crippen LogP contribution in [0.1, 0.15) is 10.4 Å². The summed E-state index contributed by atoms with van der Waals surface area (Å²) >= 11 is 0. The third-order valence-electron chi connectivity index (χ3n) is 1.81. The monoisotopic (exact) mass is 228 g/mol. The van der Waals surface area contributed by atoms with Crippen molar-refractivity contribution in [3.05, 3.63) is 29.8 Å². The fraction of sp³-hybridized carbons (Fsp3) is 0.200. The lowest BCUT2D eigenvalue weighted by Gasteiger charge is -2.12. The number of hydrogen-bond donors (Lipinski definition) is 1. The van der Waals surface area contributed by atoms with Crippen LogP contribution in [0.2, 0.25) is 0 Å². The van der Waals surface area contributed by atoms with Crippen LogP contribution in [0.5, 0.6) is 0 Å². The van der Waals surface area contributed by atoms with Crippen LogP contribution in [0.3, 0.4) is 0 Å². The fourth-order valence-corrected chi connectivity index (χ4v) is 1.08. The summed E-state index contributed by atoms with van der Waals surface area (Å²) in [5.74, 6) is -0.914. The molecular weight excluding hydrogens is 216 g/mol. The zero-order valence-corrected chi connectivity index (χ0v) is 9.36. The molecule has 0 aliphatic carbocycles. The summed E-state index contributed by atoms with van der Waals surface area (Å²) in [6, 6.07) is 6.62. The van der Waals surface area contributed by atoms with Crippen LogP contribution in [-0.2, 0) is 0 Å². The lowest BCUT2D eigenvalue weighted by atomic mass is 10.2. The molecule has 1 aromatic rings. The minimum Gasteiger partial charge on any atom is -0.478 e. The van der Waals surface area contributed by atoms with Gasteiger partial charge in [0.25, 0.3) is 0 Å². The number of hydrogen-bond acceptors (Lipinski definition) is 2. The van der Waals surface area contributed by atoms with E-state index in [0.29, 0.717) is 0 Å². The predicted octanol–water partition coefficient (Wildman–Crippen LogP) is 1.90. The van der Waals surface area contributed by atoms with Crippen molar-refractivity contribution in [3.63, 3.8) is 0 Å². The van der Waals surface area contributed by atoms with Crippen LogP contribution in [0, 0.1) is 0 Å². The molecular formula is C10H13ClN2O2. The van der Waals surface area contributed by atoms with E-state index < -0.39 is 5.97 Å². The zero-order chi connectivity index (χ0) is 10.6. The molecule has 82 valence electrons. The second-order valence-corrected chi connectivity index (χ2v) is 2.84. The fourth-order valence-electron chi connectivity index (χ4n) is 1.08. The highest BCUT2D eigenvalue weighted by Gasteiger charge is 2.02. The number of carboxylic acid groups (broad SMARTS) is 1. The number of rotatable bonds is 3. The van der Waals surface area contributed by atoms with Gasteiger partial charge >= 0.3 is 5.97 Å². The van der Waals surface area contributed by atoms with Gasteiger partial charge < -0.3 is 10.0 Å². The maximum atomic E-state index is 10.6. The summed E-state index contributed by atoms with van der Waals surface area (Å²) in [6.07, 6.45) is 1.66. The minimum absolute atomic E-state index is 0. The molecule has 1 N–H and O–H groups in total. The van der Waals surface area contributed by atoms with Crippen LogP contribution in [0.4, 0.5) is 5.69 Å². The molecule has 0 heterocycles. The number of aromatic carboxylic acids is 1. The SMILES string of the molecule is CN=CN(C)c1ccc(C(=O)O)cc1.Cl. The van der Waals surface area contributed by atoms with Gasteiger partial charge in [-0.05, 0) is 24.3 Å². The molecule has 0 amide bonds. The van der Waals surface area contributed by atoms with Crippen LogP contribution in [0.15, 0.2) is 29.3 Å². The summed E-state index contributed by atoms with van der Waals surface area (Å²) in [7, 11) is 3.53. The van der Waals surface area contributed by atoms with Crippen molar-refractivity contribution in [2.45, 2.75) is 0 Å². The summed E-state index contributed by atoms with van der Waals surface area (Å²) < 4.78 is 0. The molecule has 1 aromatic carbocycles. The average molecular weight is 229 g/mol. The van der Waals surface area contributed by atoms with Crippen LogP contribution in [0.25, 0.3) is 0 Å². The van der Waals surface area contributed by atoms with Crippen molar-refractivity contribution >= 4 is 30.4 Å². The Kier molecular flexibility index (Phi) is 5.41. The van der Waals surface area contributed by atoms with Crippen LogP contribution in [-0.4, -0.2) is 31.5 Å². The van der Waals surface area contributed by atoms with Crippen molar-refractivity contribution in [3.8, 4) is 0 Å². The van der Waals surface area contributed by atoms with Gasteiger partial charge in [-0.1, -0.05) is 0 Å². The number of anilines is 1. The van der Waals surface area contributed by atoms with Crippen LogP contribution < -0.4 is 4.90 Å². The smallest absolute Gasteiger partial charge is 0.335 e. The summed E-state index contributed by atoms with van der Waals surface area (Å²) in [6.45, 7) is 0. The van der Waals surface area contributed by atoms with E-state index in [2.05, 4.69) is 4.99 Å². The molecule has 0 saturated carbocycles.